The van der Waals surface area contributed by atoms with Gasteiger partial charge in [-0.3, -0.25) is 9.36 Å². The minimum absolute atomic E-state index is 0.0657. The van der Waals surface area contributed by atoms with Gasteiger partial charge in [-0.05, 0) is 30.3 Å². The Morgan fingerprint density at radius 3 is 2.60 bits per heavy atom. The Labute approximate surface area is 146 Å². The third-order valence-electron chi connectivity index (χ3n) is 4.16. The van der Waals surface area contributed by atoms with E-state index in [1.165, 1.54) is 17.6 Å². The van der Waals surface area contributed by atoms with E-state index in [0.717, 1.165) is 5.39 Å². The van der Waals surface area contributed by atoms with Crippen LogP contribution in [-0.4, -0.2) is 10.5 Å². The van der Waals surface area contributed by atoms with Gasteiger partial charge in [0, 0.05) is 22.7 Å². The van der Waals surface area contributed by atoms with Crippen molar-refractivity contribution in [1.82, 2.24) is 4.57 Å². The van der Waals surface area contributed by atoms with Gasteiger partial charge < -0.3 is 4.42 Å². The highest BCUT2D eigenvalue weighted by Crippen LogP contribution is 2.42. The van der Waals surface area contributed by atoms with Crippen molar-refractivity contribution in [2.75, 3.05) is 0 Å². The predicted molar refractivity (Wildman–Crippen MR) is 93.4 cm³/mol. The highest BCUT2D eigenvalue weighted by atomic mass is 35.5. The van der Waals surface area contributed by atoms with Gasteiger partial charge in [0.1, 0.15) is 11.3 Å². The molecule has 0 saturated carbocycles. The summed E-state index contributed by atoms with van der Waals surface area (Å²) in [6.07, 6.45) is -2.79. The maximum atomic E-state index is 13.9. The second kappa shape index (κ2) is 5.70. The second-order valence-corrected chi connectivity index (χ2v) is 6.16. The van der Waals surface area contributed by atoms with Gasteiger partial charge in [-0.2, -0.15) is 0 Å². The van der Waals surface area contributed by atoms with Crippen molar-refractivity contribution in [3.63, 3.8) is 0 Å². The molecular formula is C19H12ClF2NO2. The summed E-state index contributed by atoms with van der Waals surface area (Å²) in [6.45, 7) is 1.33. The van der Waals surface area contributed by atoms with Crippen LogP contribution in [0.3, 0.4) is 0 Å². The number of benzene rings is 2. The molecule has 0 N–H and O–H groups in total. The highest BCUT2D eigenvalue weighted by Gasteiger charge is 2.28. The summed E-state index contributed by atoms with van der Waals surface area (Å²) in [5, 5.41) is 1.34. The zero-order valence-electron chi connectivity index (χ0n) is 13.1. The minimum atomic E-state index is -2.79. The molecule has 2 aromatic carbocycles. The number of carbonyl (C=O) groups excluding carboxylic acids is 1. The molecule has 0 aliphatic heterocycles. The molecule has 0 fully saturated rings. The Hall–Kier alpha value is -2.66. The lowest BCUT2D eigenvalue weighted by Crippen LogP contribution is -2.07. The largest absolute Gasteiger partial charge is 0.454 e. The SMILES string of the molecule is CC(=O)n1c(-c2cc3ccccc3o2)c(C(F)F)c2cc(Cl)ccc21. The monoisotopic (exact) mass is 359 g/mol. The number of halogens is 3. The molecule has 2 heterocycles. The summed E-state index contributed by atoms with van der Waals surface area (Å²) in [5.74, 6) is -0.159. The molecule has 4 aromatic rings. The molecule has 2 aromatic heterocycles. The number of carbonyl (C=O) groups is 1. The van der Waals surface area contributed by atoms with E-state index >= 15 is 0 Å². The molecule has 0 atom stereocenters. The average Bonchev–Trinajstić information content (AvgIpc) is 3.12. The molecule has 6 heteroatoms. The molecule has 126 valence electrons. The van der Waals surface area contributed by atoms with E-state index in [4.69, 9.17) is 16.0 Å². The fraction of sp³-hybridized carbons (Fsp3) is 0.105. The van der Waals surface area contributed by atoms with E-state index < -0.39 is 6.43 Å². The standard InChI is InChI=1S/C19H12ClF2NO2/c1-10(24)23-14-7-6-12(20)9-13(14)17(19(21)22)18(23)16-8-11-4-2-3-5-15(11)25-16/h2-9,19H,1H3. The van der Waals surface area contributed by atoms with Crippen molar-refractivity contribution >= 4 is 39.4 Å². The summed E-state index contributed by atoms with van der Waals surface area (Å²) in [4.78, 5) is 12.2. The zero-order valence-corrected chi connectivity index (χ0v) is 13.8. The average molecular weight is 360 g/mol. The summed E-state index contributed by atoms with van der Waals surface area (Å²) in [7, 11) is 0. The maximum absolute atomic E-state index is 13.9. The van der Waals surface area contributed by atoms with E-state index in [9.17, 15) is 13.6 Å². The molecule has 0 aliphatic rings. The molecule has 0 aliphatic carbocycles. The Bertz CT molecular complexity index is 1090. The second-order valence-electron chi connectivity index (χ2n) is 5.73. The van der Waals surface area contributed by atoms with Crippen molar-refractivity contribution in [2.45, 2.75) is 13.3 Å². The molecule has 3 nitrogen and oxygen atoms in total. The number of rotatable bonds is 2. The molecule has 25 heavy (non-hydrogen) atoms. The van der Waals surface area contributed by atoms with Crippen LogP contribution < -0.4 is 0 Å². The van der Waals surface area contributed by atoms with Crippen molar-refractivity contribution < 1.29 is 18.0 Å². The van der Waals surface area contributed by atoms with E-state index in [2.05, 4.69) is 0 Å². The smallest absolute Gasteiger partial charge is 0.266 e. The summed E-state index contributed by atoms with van der Waals surface area (Å²) in [6, 6.07) is 13.4. The number of hydrogen-bond donors (Lipinski definition) is 0. The summed E-state index contributed by atoms with van der Waals surface area (Å²) in [5.41, 5.74) is 0.751. The Balaban J connectivity index is 2.15. The minimum Gasteiger partial charge on any atom is -0.454 e. The van der Waals surface area contributed by atoms with E-state index in [-0.39, 0.29) is 28.3 Å². The zero-order chi connectivity index (χ0) is 17.7. The molecule has 0 radical (unpaired) electrons. The Morgan fingerprint density at radius 2 is 1.92 bits per heavy atom. The number of para-hydroxylation sites is 1. The molecule has 0 unspecified atom stereocenters. The first kappa shape index (κ1) is 15.8. The maximum Gasteiger partial charge on any atom is 0.266 e. The third kappa shape index (κ3) is 2.43. The lowest BCUT2D eigenvalue weighted by Gasteiger charge is -2.06. The normalized spacial score (nSPS) is 11.7. The van der Waals surface area contributed by atoms with Gasteiger partial charge in [-0.25, -0.2) is 8.78 Å². The molecule has 0 amide bonds. The van der Waals surface area contributed by atoms with Gasteiger partial charge in [-0.1, -0.05) is 29.8 Å². The molecule has 0 spiro atoms. The quantitative estimate of drug-likeness (QED) is 0.420. The fourth-order valence-electron chi connectivity index (χ4n) is 3.18. The number of nitrogens with zero attached hydrogens (tertiary/aromatic N) is 1. The van der Waals surface area contributed by atoms with Crippen LogP contribution in [-0.2, 0) is 0 Å². The van der Waals surface area contributed by atoms with Crippen LogP contribution in [0, 0.1) is 0 Å². The van der Waals surface area contributed by atoms with Gasteiger partial charge in [0.2, 0.25) is 5.91 Å². The Kier molecular flexibility index (Phi) is 3.62. The molecule has 0 bridgehead atoms. The van der Waals surface area contributed by atoms with Gasteiger partial charge >= 0.3 is 0 Å². The van der Waals surface area contributed by atoms with Crippen molar-refractivity contribution in [1.29, 1.82) is 0 Å². The van der Waals surface area contributed by atoms with Crippen LogP contribution >= 0.6 is 11.6 Å². The highest BCUT2D eigenvalue weighted by molar-refractivity contribution is 6.31. The first-order valence-electron chi connectivity index (χ1n) is 7.59. The molecular weight excluding hydrogens is 348 g/mol. The van der Waals surface area contributed by atoms with Crippen LogP contribution in [0.4, 0.5) is 8.78 Å². The van der Waals surface area contributed by atoms with E-state index in [0.29, 0.717) is 16.1 Å². The first-order chi connectivity index (χ1) is 12.0. The Morgan fingerprint density at radius 1 is 1.16 bits per heavy atom. The summed E-state index contributed by atoms with van der Waals surface area (Å²) < 4.78 is 34.8. The van der Waals surface area contributed by atoms with Crippen LogP contribution in [0.2, 0.25) is 5.02 Å². The van der Waals surface area contributed by atoms with Gasteiger partial charge in [0.15, 0.2) is 5.76 Å². The lowest BCUT2D eigenvalue weighted by atomic mass is 10.1. The predicted octanol–water partition coefficient (Wildman–Crippen LogP) is 6.31. The van der Waals surface area contributed by atoms with Crippen molar-refractivity contribution in [3.05, 3.63) is 59.1 Å². The fourth-order valence-corrected chi connectivity index (χ4v) is 3.35. The number of hydrogen-bond acceptors (Lipinski definition) is 2. The number of furan rings is 1. The molecule has 4 rings (SSSR count). The van der Waals surface area contributed by atoms with Crippen LogP contribution in [0.25, 0.3) is 33.3 Å². The van der Waals surface area contributed by atoms with Gasteiger partial charge in [0.05, 0.1) is 11.1 Å². The van der Waals surface area contributed by atoms with Gasteiger partial charge in [0.25, 0.3) is 6.43 Å². The number of alkyl halides is 2. The van der Waals surface area contributed by atoms with Crippen molar-refractivity contribution in [3.8, 4) is 11.5 Å². The van der Waals surface area contributed by atoms with Crippen LogP contribution in [0.15, 0.2) is 52.9 Å². The lowest BCUT2D eigenvalue weighted by molar-refractivity contribution is 0.0942. The van der Waals surface area contributed by atoms with E-state index in [1.807, 2.05) is 12.1 Å². The number of fused-ring (bicyclic) bond motifs is 2. The van der Waals surface area contributed by atoms with Crippen molar-refractivity contribution in [2.24, 2.45) is 0 Å². The molecule has 0 saturated heterocycles. The van der Waals surface area contributed by atoms with Crippen LogP contribution in [0.1, 0.15) is 23.7 Å². The summed E-state index contributed by atoms with van der Waals surface area (Å²) >= 11 is 5.98. The number of aromatic nitrogens is 1. The van der Waals surface area contributed by atoms with E-state index in [1.54, 1.807) is 30.3 Å². The van der Waals surface area contributed by atoms with Gasteiger partial charge in [-0.15, -0.1) is 0 Å². The van der Waals surface area contributed by atoms with Crippen LogP contribution in [0.5, 0.6) is 0 Å². The topological polar surface area (TPSA) is 35.1 Å². The first-order valence-corrected chi connectivity index (χ1v) is 7.97. The third-order valence-corrected chi connectivity index (χ3v) is 4.40.